The van der Waals surface area contributed by atoms with Crippen molar-refractivity contribution in [2.45, 2.75) is 117 Å². The van der Waals surface area contributed by atoms with E-state index < -0.39 is 0 Å². The summed E-state index contributed by atoms with van der Waals surface area (Å²) in [5, 5.41) is 9.39. The minimum Gasteiger partial charge on any atom is -0.390 e. The number of aliphatic hydroxyl groups excluding tert-OH is 1. The van der Waals surface area contributed by atoms with Crippen LogP contribution in [0.1, 0.15) is 117 Å². The van der Waals surface area contributed by atoms with Crippen LogP contribution in [-0.4, -0.2) is 48.2 Å². The normalized spacial score (nSPS) is 19.3. The second kappa shape index (κ2) is 18.1. The maximum absolute atomic E-state index is 9.39. The van der Waals surface area contributed by atoms with Crippen molar-refractivity contribution in [1.82, 2.24) is 0 Å². The van der Waals surface area contributed by atoms with E-state index in [-0.39, 0.29) is 6.61 Å². The van der Waals surface area contributed by atoms with Gasteiger partial charge in [-0.05, 0) is 32.6 Å². The van der Waals surface area contributed by atoms with Crippen LogP contribution in [0.4, 0.5) is 0 Å². The van der Waals surface area contributed by atoms with Crippen molar-refractivity contribution >= 4 is 5.84 Å². The number of nitrogens with zero attached hydrogens (tertiary/aromatic N) is 2. The van der Waals surface area contributed by atoms with Crippen LogP contribution in [0.25, 0.3) is 0 Å². The largest absolute Gasteiger partial charge is 0.390 e. The molecular formula is C26H51N2O+. The first kappa shape index (κ1) is 26.4. The lowest BCUT2D eigenvalue weighted by Crippen LogP contribution is -2.52. The van der Waals surface area contributed by atoms with Gasteiger partial charge in [-0.1, -0.05) is 89.7 Å². The Morgan fingerprint density at radius 2 is 1.34 bits per heavy atom. The molecule has 170 valence electrons. The van der Waals surface area contributed by atoms with Crippen LogP contribution in [0, 0.1) is 0 Å². The average Bonchev–Trinajstić information content (AvgIpc) is 3.13. The summed E-state index contributed by atoms with van der Waals surface area (Å²) in [6.07, 6.45) is 26.4. The van der Waals surface area contributed by atoms with Crippen molar-refractivity contribution in [2.24, 2.45) is 4.99 Å². The van der Waals surface area contributed by atoms with Crippen LogP contribution >= 0.6 is 0 Å². The van der Waals surface area contributed by atoms with Crippen molar-refractivity contribution in [3.8, 4) is 0 Å². The van der Waals surface area contributed by atoms with Gasteiger partial charge in [-0.3, -0.25) is 4.48 Å². The molecule has 3 heteroatoms. The Morgan fingerprint density at radius 1 is 0.793 bits per heavy atom. The van der Waals surface area contributed by atoms with Crippen LogP contribution in [-0.2, 0) is 0 Å². The van der Waals surface area contributed by atoms with Gasteiger partial charge in [0.2, 0.25) is 0 Å². The molecule has 0 radical (unpaired) electrons. The van der Waals surface area contributed by atoms with E-state index in [0.717, 1.165) is 37.1 Å². The third kappa shape index (κ3) is 11.9. The highest BCUT2D eigenvalue weighted by atomic mass is 16.3. The zero-order valence-electron chi connectivity index (χ0n) is 19.8. The lowest BCUT2D eigenvalue weighted by molar-refractivity contribution is -0.835. The second-order valence-electron chi connectivity index (χ2n) is 8.97. The minimum atomic E-state index is 0.281. The molecule has 1 rings (SSSR count). The first-order valence-corrected chi connectivity index (χ1v) is 12.9. The zero-order valence-corrected chi connectivity index (χ0v) is 19.8. The summed E-state index contributed by atoms with van der Waals surface area (Å²) >= 11 is 0. The summed E-state index contributed by atoms with van der Waals surface area (Å²) < 4.78 is 0.950. The summed E-state index contributed by atoms with van der Waals surface area (Å²) in [4.78, 5) is 4.76. The molecule has 1 aliphatic heterocycles. The SMILES string of the molecule is CCCC/C=C/CCCCCCCCCCCCCC1=NCC[N+]1(CC)CCO. The van der Waals surface area contributed by atoms with E-state index in [0.29, 0.717) is 0 Å². The highest BCUT2D eigenvalue weighted by molar-refractivity contribution is 5.76. The van der Waals surface area contributed by atoms with Crippen LogP contribution in [0.2, 0.25) is 0 Å². The molecule has 0 spiro atoms. The van der Waals surface area contributed by atoms with Gasteiger partial charge >= 0.3 is 0 Å². The summed E-state index contributed by atoms with van der Waals surface area (Å²) in [6, 6.07) is 0. The zero-order chi connectivity index (χ0) is 21.0. The Balaban J connectivity index is 1.86. The molecule has 0 aromatic carbocycles. The van der Waals surface area contributed by atoms with Crippen LogP contribution < -0.4 is 0 Å². The fourth-order valence-corrected chi connectivity index (χ4v) is 4.59. The summed E-state index contributed by atoms with van der Waals surface area (Å²) in [5.41, 5.74) is 0. The smallest absolute Gasteiger partial charge is 0.198 e. The van der Waals surface area contributed by atoms with Crippen molar-refractivity contribution in [2.75, 3.05) is 32.8 Å². The summed E-state index contributed by atoms with van der Waals surface area (Å²) in [7, 11) is 0. The summed E-state index contributed by atoms with van der Waals surface area (Å²) in [6.45, 7) is 8.77. The van der Waals surface area contributed by atoms with Gasteiger partial charge in [0.05, 0.1) is 19.7 Å². The number of unbranched alkanes of at least 4 members (excludes halogenated alkanes) is 13. The molecule has 1 heterocycles. The van der Waals surface area contributed by atoms with Gasteiger partial charge in [0.25, 0.3) is 0 Å². The van der Waals surface area contributed by atoms with Crippen LogP contribution in [0.5, 0.6) is 0 Å². The van der Waals surface area contributed by atoms with Crippen molar-refractivity contribution in [1.29, 1.82) is 0 Å². The highest BCUT2D eigenvalue weighted by Gasteiger charge is 2.35. The van der Waals surface area contributed by atoms with Crippen molar-refractivity contribution in [3.05, 3.63) is 12.2 Å². The Kier molecular flexibility index (Phi) is 16.5. The molecule has 0 amide bonds. The Morgan fingerprint density at radius 3 is 1.90 bits per heavy atom. The Labute approximate surface area is 182 Å². The number of allylic oxidation sites excluding steroid dienone is 2. The van der Waals surface area contributed by atoms with Gasteiger partial charge in [-0.2, -0.15) is 0 Å². The molecule has 0 aliphatic carbocycles. The number of rotatable bonds is 20. The second-order valence-corrected chi connectivity index (χ2v) is 8.97. The molecule has 29 heavy (non-hydrogen) atoms. The number of aliphatic imine (C=N–C) groups is 1. The van der Waals surface area contributed by atoms with Gasteiger partial charge in [0.15, 0.2) is 5.84 Å². The standard InChI is InChI=1S/C26H51N2O/c1-3-5-6-7-8-9-10-11-12-13-14-15-16-17-18-19-20-21-26-27-22-23-28(26,4-2)24-25-29/h7-8,29H,3-6,9-25H2,1-2H3/q+1/b8-7+. The van der Waals surface area contributed by atoms with Crippen molar-refractivity contribution in [3.63, 3.8) is 0 Å². The van der Waals surface area contributed by atoms with E-state index in [2.05, 4.69) is 26.0 Å². The molecule has 0 saturated carbocycles. The predicted octanol–water partition coefficient (Wildman–Crippen LogP) is 7.05. The maximum Gasteiger partial charge on any atom is 0.198 e. The average molecular weight is 408 g/mol. The predicted molar refractivity (Wildman–Crippen MR) is 129 cm³/mol. The highest BCUT2D eigenvalue weighted by Crippen LogP contribution is 2.20. The first-order chi connectivity index (χ1) is 14.3. The molecule has 3 nitrogen and oxygen atoms in total. The molecule has 1 aliphatic rings. The fraction of sp³-hybridized carbons (Fsp3) is 0.885. The van der Waals surface area contributed by atoms with Gasteiger partial charge in [0.1, 0.15) is 13.1 Å². The van der Waals surface area contributed by atoms with E-state index in [1.165, 1.54) is 102 Å². The molecular weight excluding hydrogens is 356 g/mol. The number of hydrogen-bond donors (Lipinski definition) is 1. The van der Waals surface area contributed by atoms with Gasteiger partial charge in [-0.25, -0.2) is 4.99 Å². The summed E-state index contributed by atoms with van der Waals surface area (Å²) in [5.74, 6) is 1.36. The maximum atomic E-state index is 9.39. The number of likely N-dealkylation sites (N-methyl/N-ethyl adjacent to an activating group) is 1. The molecule has 1 unspecified atom stereocenters. The van der Waals surface area contributed by atoms with Gasteiger partial charge in [-0.15, -0.1) is 0 Å². The molecule has 0 saturated heterocycles. The number of amidine groups is 1. The first-order valence-electron chi connectivity index (χ1n) is 12.9. The third-order valence-electron chi connectivity index (χ3n) is 6.67. The lowest BCUT2D eigenvalue weighted by Gasteiger charge is -2.33. The minimum absolute atomic E-state index is 0.281. The lowest BCUT2D eigenvalue weighted by atomic mass is 10.0. The van der Waals surface area contributed by atoms with E-state index in [4.69, 9.17) is 4.99 Å². The quantitative estimate of drug-likeness (QED) is 0.131. The number of hydrogen-bond acceptors (Lipinski definition) is 2. The van der Waals surface area contributed by atoms with E-state index >= 15 is 0 Å². The van der Waals surface area contributed by atoms with Crippen LogP contribution in [0.15, 0.2) is 17.1 Å². The van der Waals surface area contributed by atoms with Crippen molar-refractivity contribution < 1.29 is 9.59 Å². The third-order valence-corrected chi connectivity index (χ3v) is 6.67. The molecule has 0 aromatic rings. The molecule has 0 aromatic heterocycles. The molecule has 0 fully saturated rings. The fourth-order valence-electron chi connectivity index (χ4n) is 4.59. The monoisotopic (exact) mass is 407 g/mol. The number of quaternary nitrogens is 1. The Hall–Kier alpha value is -0.670. The van der Waals surface area contributed by atoms with Gasteiger partial charge in [0, 0.05) is 6.42 Å². The van der Waals surface area contributed by atoms with E-state index in [1.807, 2.05) is 0 Å². The van der Waals surface area contributed by atoms with Gasteiger partial charge < -0.3 is 5.11 Å². The topological polar surface area (TPSA) is 32.6 Å². The number of aliphatic hydroxyl groups is 1. The Bertz CT molecular complexity index is 432. The van der Waals surface area contributed by atoms with E-state index in [1.54, 1.807) is 0 Å². The van der Waals surface area contributed by atoms with Crippen LogP contribution in [0.3, 0.4) is 0 Å². The molecule has 1 atom stereocenters. The molecule has 0 bridgehead atoms. The van der Waals surface area contributed by atoms with E-state index in [9.17, 15) is 5.11 Å². The molecule has 1 N–H and O–H groups in total.